The van der Waals surface area contributed by atoms with Crippen molar-refractivity contribution in [2.24, 2.45) is 0 Å². The van der Waals surface area contributed by atoms with Gasteiger partial charge >= 0.3 is 6.18 Å². The molecule has 0 unspecified atom stereocenters. The van der Waals surface area contributed by atoms with E-state index in [9.17, 15) is 31.5 Å². The molecule has 0 aliphatic rings. The summed E-state index contributed by atoms with van der Waals surface area (Å²) in [5.41, 5.74) is -1.09. The minimum atomic E-state index is -4.60. The lowest BCUT2D eigenvalue weighted by atomic mass is 9.95. The number of ether oxygens (including phenoxy) is 2. The van der Waals surface area contributed by atoms with Crippen LogP contribution < -0.4 is 14.8 Å². The van der Waals surface area contributed by atoms with Gasteiger partial charge in [0.05, 0.1) is 18.8 Å². The molecule has 0 spiro atoms. The van der Waals surface area contributed by atoms with Crippen molar-refractivity contribution < 1.29 is 41.0 Å². The second-order valence-electron chi connectivity index (χ2n) is 9.89. The third-order valence-corrected chi connectivity index (χ3v) is 7.33. The van der Waals surface area contributed by atoms with Gasteiger partial charge < -0.3 is 19.9 Å². The topological polar surface area (TPSA) is 114 Å². The molecule has 0 aliphatic heterocycles. The van der Waals surface area contributed by atoms with Crippen LogP contribution in [0.25, 0.3) is 11.1 Å². The Labute approximate surface area is 231 Å². The fraction of sp³-hybridized carbons (Fsp3) is 0.321. The van der Waals surface area contributed by atoms with Gasteiger partial charge in [0.15, 0.2) is 0 Å². The van der Waals surface area contributed by atoms with Gasteiger partial charge in [-0.25, -0.2) is 13.1 Å². The van der Waals surface area contributed by atoms with Crippen molar-refractivity contribution in [1.82, 2.24) is 4.72 Å². The first-order valence-electron chi connectivity index (χ1n) is 12.2. The Bertz CT molecular complexity index is 1470. The van der Waals surface area contributed by atoms with E-state index in [-0.39, 0.29) is 51.8 Å². The highest BCUT2D eigenvalue weighted by molar-refractivity contribution is 7.89. The number of sulfonamides is 1. The standard InChI is InChI=1S/C28H31F3N2O6S/c1-27(2,3)33-40(36,37)25-12-9-18(16-24(25)39-14-13-38-4)26(35)32-20-10-11-21(19(15-20)17-34)22-7-5-6-8-23(22)28(29,30)31/h5-12,15-16,33-34H,13-14,17H2,1-4H3,(H,32,35). The van der Waals surface area contributed by atoms with E-state index in [1.54, 1.807) is 20.8 Å². The molecule has 0 fully saturated rings. The van der Waals surface area contributed by atoms with Crippen LogP contribution in [0.1, 0.15) is 42.3 Å². The molecule has 3 aromatic carbocycles. The van der Waals surface area contributed by atoms with Gasteiger partial charge in [0.2, 0.25) is 10.0 Å². The van der Waals surface area contributed by atoms with Crippen molar-refractivity contribution in [3.8, 4) is 16.9 Å². The SMILES string of the molecule is COCCOc1cc(C(=O)Nc2ccc(-c3ccccc3C(F)(F)F)c(CO)c2)ccc1S(=O)(=O)NC(C)(C)C. The Morgan fingerprint density at radius 3 is 2.27 bits per heavy atom. The fourth-order valence-electron chi connectivity index (χ4n) is 3.91. The van der Waals surface area contributed by atoms with E-state index < -0.39 is 39.8 Å². The Morgan fingerprint density at radius 2 is 1.65 bits per heavy atom. The smallest absolute Gasteiger partial charge is 0.417 e. The van der Waals surface area contributed by atoms with Crippen LogP contribution in [0, 0.1) is 0 Å². The van der Waals surface area contributed by atoms with E-state index in [4.69, 9.17) is 9.47 Å². The molecule has 0 heterocycles. The van der Waals surface area contributed by atoms with Crippen molar-refractivity contribution in [2.45, 2.75) is 44.0 Å². The van der Waals surface area contributed by atoms with Crippen molar-refractivity contribution in [3.63, 3.8) is 0 Å². The molecule has 0 radical (unpaired) electrons. The number of alkyl halides is 3. The van der Waals surface area contributed by atoms with E-state index in [1.807, 2.05) is 0 Å². The summed E-state index contributed by atoms with van der Waals surface area (Å²) in [4.78, 5) is 12.9. The molecule has 1 amide bonds. The first-order chi connectivity index (χ1) is 18.7. The maximum Gasteiger partial charge on any atom is 0.417 e. The molecular formula is C28H31F3N2O6S. The van der Waals surface area contributed by atoms with Crippen LogP contribution in [0.4, 0.5) is 18.9 Å². The number of nitrogens with one attached hydrogen (secondary N) is 2. The van der Waals surface area contributed by atoms with Gasteiger partial charge in [0.1, 0.15) is 17.3 Å². The van der Waals surface area contributed by atoms with E-state index in [2.05, 4.69) is 10.0 Å². The first kappa shape index (κ1) is 31.1. The zero-order valence-electron chi connectivity index (χ0n) is 22.4. The molecule has 40 heavy (non-hydrogen) atoms. The van der Waals surface area contributed by atoms with Crippen molar-refractivity contribution in [1.29, 1.82) is 0 Å². The predicted octanol–water partition coefficient (Wildman–Crippen LogP) is 5.22. The summed E-state index contributed by atoms with van der Waals surface area (Å²) in [5.74, 6) is -0.687. The Balaban J connectivity index is 1.93. The summed E-state index contributed by atoms with van der Waals surface area (Å²) >= 11 is 0. The fourth-order valence-corrected chi connectivity index (χ4v) is 5.46. The second kappa shape index (κ2) is 12.4. The van der Waals surface area contributed by atoms with Gasteiger partial charge in [0.25, 0.3) is 5.91 Å². The molecule has 3 N–H and O–H groups in total. The number of hydrogen-bond acceptors (Lipinski definition) is 6. The first-order valence-corrected chi connectivity index (χ1v) is 13.7. The Morgan fingerprint density at radius 1 is 0.950 bits per heavy atom. The van der Waals surface area contributed by atoms with Crippen LogP contribution >= 0.6 is 0 Å². The molecule has 0 bridgehead atoms. The molecule has 0 aromatic heterocycles. The third-order valence-electron chi connectivity index (χ3n) is 5.54. The third kappa shape index (κ3) is 7.81. The van der Waals surface area contributed by atoms with Gasteiger partial charge in [-0.2, -0.15) is 13.2 Å². The van der Waals surface area contributed by atoms with E-state index >= 15 is 0 Å². The van der Waals surface area contributed by atoms with E-state index in [1.165, 1.54) is 61.7 Å². The molecule has 8 nitrogen and oxygen atoms in total. The molecule has 3 rings (SSSR count). The number of anilines is 1. The van der Waals surface area contributed by atoms with Crippen LogP contribution in [0.3, 0.4) is 0 Å². The summed E-state index contributed by atoms with van der Waals surface area (Å²) in [7, 11) is -2.54. The summed E-state index contributed by atoms with van der Waals surface area (Å²) in [6.45, 7) is 4.69. The lowest BCUT2D eigenvalue weighted by Gasteiger charge is -2.22. The number of rotatable bonds is 10. The molecule has 216 valence electrons. The zero-order valence-corrected chi connectivity index (χ0v) is 23.2. The van der Waals surface area contributed by atoms with Gasteiger partial charge in [0, 0.05) is 23.9 Å². The van der Waals surface area contributed by atoms with Crippen LogP contribution in [0.5, 0.6) is 5.75 Å². The van der Waals surface area contributed by atoms with Crippen LogP contribution in [0.15, 0.2) is 65.6 Å². The van der Waals surface area contributed by atoms with Gasteiger partial charge in [-0.15, -0.1) is 0 Å². The maximum absolute atomic E-state index is 13.5. The van der Waals surface area contributed by atoms with Crippen molar-refractivity contribution in [2.75, 3.05) is 25.6 Å². The Hall–Kier alpha value is -3.45. The number of hydrogen-bond donors (Lipinski definition) is 3. The predicted molar refractivity (Wildman–Crippen MR) is 145 cm³/mol. The molecule has 0 aliphatic carbocycles. The zero-order chi connectivity index (χ0) is 29.7. The molecular weight excluding hydrogens is 549 g/mol. The largest absolute Gasteiger partial charge is 0.490 e. The van der Waals surface area contributed by atoms with E-state index in [0.717, 1.165) is 6.07 Å². The lowest BCUT2D eigenvalue weighted by molar-refractivity contribution is -0.137. The minimum Gasteiger partial charge on any atom is -0.490 e. The van der Waals surface area contributed by atoms with Gasteiger partial charge in [-0.3, -0.25) is 4.79 Å². The quantitative estimate of drug-likeness (QED) is 0.284. The Kier molecular flexibility index (Phi) is 9.62. The highest BCUT2D eigenvalue weighted by Crippen LogP contribution is 2.38. The number of aliphatic hydroxyl groups is 1. The minimum absolute atomic E-state index is 0.0281. The number of methoxy groups -OCH3 is 1. The normalized spacial score (nSPS) is 12.3. The number of benzene rings is 3. The van der Waals surface area contributed by atoms with E-state index in [0.29, 0.717) is 0 Å². The number of aliphatic hydroxyl groups excluding tert-OH is 1. The summed E-state index contributed by atoms with van der Waals surface area (Å²) < 4.78 is 79.7. The number of amides is 1. The maximum atomic E-state index is 13.5. The van der Waals surface area contributed by atoms with Crippen LogP contribution in [-0.2, 0) is 27.5 Å². The highest BCUT2D eigenvalue weighted by atomic mass is 32.2. The van der Waals surface area contributed by atoms with Gasteiger partial charge in [-0.1, -0.05) is 24.3 Å². The van der Waals surface area contributed by atoms with Gasteiger partial charge in [-0.05, 0) is 73.9 Å². The summed E-state index contributed by atoms with van der Waals surface area (Å²) in [5, 5.41) is 12.5. The second-order valence-corrected chi connectivity index (χ2v) is 11.5. The number of carbonyl (C=O) groups is 1. The summed E-state index contributed by atoms with van der Waals surface area (Å²) in [6, 6.07) is 13.0. The molecule has 0 saturated heterocycles. The molecule has 0 saturated carbocycles. The molecule has 12 heteroatoms. The van der Waals surface area contributed by atoms with Crippen LogP contribution in [0.2, 0.25) is 0 Å². The molecule has 3 aromatic rings. The highest BCUT2D eigenvalue weighted by Gasteiger charge is 2.33. The summed E-state index contributed by atoms with van der Waals surface area (Å²) in [6.07, 6.45) is -4.60. The number of carbonyl (C=O) groups excluding carboxylic acids is 1. The molecule has 0 atom stereocenters. The van der Waals surface area contributed by atoms with Crippen LogP contribution in [-0.4, -0.2) is 45.3 Å². The van der Waals surface area contributed by atoms with Crippen molar-refractivity contribution in [3.05, 3.63) is 77.4 Å². The average Bonchev–Trinajstić information content (AvgIpc) is 2.86. The number of halogens is 3. The monoisotopic (exact) mass is 580 g/mol. The lowest BCUT2D eigenvalue weighted by Crippen LogP contribution is -2.40. The average molecular weight is 581 g/mol. The van der Waals surface area contributed by atoms with Crippen molar-refractivity contribution >= 4 is 21.6 Å².